The zero-order valence-corrected chi connectivity index (χ0v) is 25.2. The fraction of sp³-hybridized carbons (Fsp3) is 0.500. The van der Waals surface area contributed by atoms with E-state index in [1.54, 1.807) is 0 Å². The van der Waals surface area contributed by atoms with E-state index in [0.717, 1.165) is 15.6 Å². The quantitative estimate of drug-likeness (QED) is 0.352. The van der Waals surface area contributed by atoms with E-state index in [0.29, 0.717) is 38.9 Å². The van der Waals surface area contributed by atoms with Gasteiger partial charge >= 0.3 is 6.03 Å². The Kier molecular flexibility index (Phi) is 10.1. The molecule has 3 fully saturated rings. The number of carbonyl (C=O) groups excluding carboxylic acids is 3. The Morgan fingerprint density at radius 1 is 1.00 bits per heavy atom. The predicted molar refractivity (Wildman–Crippen MR) is 158 cm³/mol. The average Bonchev–Trinajstić information content (AvgIpc) is 3.17. The maximum Gasteiger partial charge on any atom is 0.325 e. The predicted octanol–water partition coefficient (Wildman–Crippen LogP) is 5.83. The molecule has 0 bridgehead atoms. The Bertz CT molecular complexity index is 1220. The first-order chi connectivity index (χ1) is 19.1. The molecule has 3 aliphatic rings. The van der Waals surface area contributed by atoms with Gasteiger partial charge < -0.3 is 15.5 Å². The molecule has 2 saturated heterocycles. The molecule has 0 aromatic heterocycles. The van der Waals surface area contributed by atoms with Crippen LogP contribution < -0.4 is 10.6 Å². The molecular weight excluding hydrogens is 618 g/mol. The van der Waals surface area contributed by atoms with Gasteiger partial charge in [0.2, 0.25) is 11.8 Å². The van der Waals surface area contributed by atoms with Crippen molar-refractivity contribution in [2.24, 2.45) is 5.92 Å². The molecule has 2 heterocycles. The van der Waals surface area contributed by atoms with Crippen LogP contribution >= 0.6 is 28.3 Å². The third-order valence-electron chi connectivity index (χ3n) is 8.55. The van der Waals surface area contributed by atoms with Gasteiger partial charge in [0.05, 0.1) is 12.6 Å². The molecule has 1 saturated carbocycles. The molecule has 11 heteroatoms. The molecule has 1 atom stereocenters. The zero-order chi connectivity index (χ0) is 28.3. The minimum Gasteiger partial charge on any atom is -0.349 e. The molecule has 4 amide bonds. The lowest BCUT2D eigenvalue weighted by Gasteiger charge is -2.38. The second-order valence-corrected chi connectivity index (χ2v) is 12.2. The van der Waals surface area contributed by atoms with Gasteiger partial charge in [0.25, 0.3) is 5.91 Å². The maximum absolute atomic E-state index is 13.6. The Labute approximate surface area is 253 Å². The summed E-state index contributed by atoms with van der Waals surface area (Å²) in [5.74, 6) is -3.39. The fourth-order valence-corrected chi connectivity index (χ4v) is 6.26. The zero-order valence-electron chi connectivity index (χ0n) is 22.8. The van der Waals surface area contributed by atoms with Crippen molar-refractivity contribution < 1.29 is 23.2 Å². The van der Waals surface area contributed by atoms with E-state index < -0.39 is 17.4 Å². The number of alkyl halides is 2. The summed E-state index contributed by atoms with van der Waals surface area (Å²) in [5, 5.41) is 6.10. The average molecular weight is 654 g/mol. The fourth-order valence-electron chi connectivity index (χ4n) is 6.00. The maximum atomic E-state index is 13.6. The number of urea groups is 1. The number of hydrogen-bond acceptors (Lipinski definition) is 4. The van der Waals surface area contributed by atoms with E-state index in [2.05, 4.69) is 31.5 Å². The van der Waals surface area contributed by atoms with Crippen LogP contribution in [0.4, 0.5) is 13.6 Å². The van der Waals surface area contributed by atoms with Crippen LogP contribution in [0.1, 0.15) is 62.1 Å². The third kappa shape index (κ3) is 7.45. The van der Waals surface area contributed by atoms with Gasteiger partial charge in [-0.3, -0.25) is 14.5 Å². The van der Waals surface area contributed by atoms with Gasteiger partial charge in [-0.25, -0.2) is 13.6 Å². The van der Waals surface area contributed by atoms with Crippen LogP contribution in [0.15, 0.2) is 59.1 Å². The number of likely N-dealkylation sites (tertiary alicyclic amines) is 1. The SMILES string of the molecule is Cl.O=C(N[C@@H](CCN1CCC2(CC1)NC(=O)N(Cc1ccc(Br)cc1)C2=O)c1ccccc1)C1CCC(F)(F)CC1. The van der Waals surface area contributed by atoms with Gasteiger partial charge in [-0.15, -0.1) is 12.4 Å². The van der Waals surface area contributed by atoms with E-state index in [1.807, 2.05) is 54.6 Å². The molecule has 2 aromatic rings. The summed E-state index contributed by atoms with van der Waals surface area (Å²) in [6.45, 7) is 2.22. The van der Waals surface area contributed by atoms with Crippen molar-refractivity contribution >= 4 is 46.2 Å². The minimum atomic E-state index is -2.67. The largest absolute Gasteiger partial charge is 0.349 e. The normalized spacial score (nSPS) is 21.3. The molecule has 1 aliphatic carbocycles. The first-order valence-corrected chi connectivity index (χ1v) is 14.8. The Hall–Kier alpha value is -2.56. The second kappa shape index (κ2) is 13.2. The summed E-state index contributed by atoms with van der Waals surface area (Å²) < 4.78 is 28.1. The first kappa shape index (κ1) is 31.4. The van der Waals surface area contributed by atoms with Crippen LogP contribution in [0.2, 0.25) is 0 Å². The van der Waals surface area contributed by atoms with Gasteiger partial charge in [0.15, 0.2) is 0 Å². The summed E-state index contributed by atoms with van der Waals surface area (Å²) in [4.78, 5) is 42.7. The lowest BCUT2D eigenvalue weighted by atomic mass is 9.85. The summed E-state index contributed by atoms with van der Waals surface area (Å²) in [6.07, 6.45) is 1.61. The van der Waals surface area contributed by atoms with Crippen LogP contribution in [0.5, 0.6) is 0 Å². The molecule has 5 rings (SSSR count). The molecule has 41 heavy (non-hydrogen) atoms. The third-order valence-corrected chi connectivity index (χ3v) is 9.08. The Morgan fingerprint density at radius 3 is 2.27 bits per heavy atom. The highest BCUT2D eigenvalue weighted by Crippen LogP contribution is 2.37. The summed E-state index contributed by atoms with van der Waals surface area (Å²) in [7, 11) is 0. The lowest BCUT2D eigenvalue weighted by Crippen LogP contribution is -2.55. The number of halogens is 4. The number of nitrogens with one attached hydrogen (secondary N) is 2. The highest BCUT2D eigenvalue weighted by Gasteiger charge is 2.52. The monoisotopic (exact) mass is 652 g/mol. The van der Waals surface area contributed by atoms with Crippen LogP contribution in [0, 0.1) is 5.92 Å². The van der Waals surface area contributed by atoms with Gasteiger partial charge in [-0.05, 0) is 55.4 Å². The Balaban J connectivity index is 0.00000387. The summed E-state index contributed by atoms with van der Waals surface area (Å²) in [5.41, 5.74) is 0.989. The number of carbonyl (C=O) groups is 3. The van der Waals surface area contributed by atoms with Crippen molar-refractivity contribution in [3.63, 3.8) is 0 Å². The van der Waals surface area contributed by atoms with Crippen molar-refractivity contribution in [2.75, 3.05) is 19.6 Å². The first-order valence-electron chi connectivity index (χ1n) is 14.0. The topological polar surface area (TPSA) is 81.8 Å². The summed E-state index contributed by atoms with van der Waals surface area (Å²) >= 11 is 3.40. The second-order valence-electron chi connectivity index (χ2n) is 11.3. The van der Waals surface area contributed by atoms with Crippen molar-refractivity contribution in [2.45, 2.75) is 69.0 Å². The van der Waals surface area contributed by atoms with E-state index in [4.69, 9.17) is 0 Å². The molecular formula is C30H36BrClF2N4O3. The number of rotatable bonds is 8. The van der Waals surface area contributed by atoms with Crippen LogP contribution in [-0.2, 0) is 16.1 Å². The number of imide groups is 1. The van der Waals surface area contributed by atoms with E-state index >= 15 is 0 Å². The molecule has 2 aromatic carbocycles. The molecule has 0 unspecified atom stereocenters. The van der Waals surface area contributed by atoms with Gasteiger partial charge in [-0.2, -0.15) is 0 Å². The highest BCUT2D eigenvalue weighted by atomic mass is 79.9. The molecule has 0 radical (unpaired) electrons. The van der Waals surface area contributed by atoms with Gasteiger partial charge in [0, 0.05) is 42.9 Å². The van der Waals surface area contributed by atoms with Gasteiger partial charge in [0.1, 0.15) is 5.54 Å². The number of hydrogen-bond donors (Lipinski definition) is 2. The highest BCUT2D eigenvalue weighted by molar-refractivity contribution is 9.10. The number of benzene rings is 2. The standard InChI is InChI=1S/C30H35BrF2N4O3.ClH/c31-24-8-6-21(7-9-24)20-37-27(39)29(35-28(37)40)15-18-36(19-16-29)17-12-25(22-4-2-1-3-5-22)34-26(38)23-10-13-30(32,33)14-11-23;/h1-9,23,25H,10-20H2,(H,34,38)(H,35,40);1H/t25-;/m0./s1. The number of piperidine rings is 1. The minimum absolute atomic E-state index is 0. The van der Waals surface area contributed by atoms with Crippen LogP contribution in [0.25, 0.3) is 0 Å². The summed E-state index contributed by atoms with van der Waals surface area (Å²) in [6, 6.07) is 16.7. The molecule has 222 valence electrons. The molecule has 2 aliphatic heterocycles. The number of nitrogens with zero attached hydrogens (tertiary/aromatic N) is 2. The van der Waals surface area contributed by atoms with Crippen molar-refractivity contribution in [3.8, 4) is 0 Å². The van der Waals surface area contributed by atoms with Crippen LogP contribution in [-0.4, -0.2) is 58.7 Å². The smallest absolute Gasteiger partial charge is 0.325 e. The van der Waals surface area contributed by atoms with Crippen molar-refractivity contribution in [3.05, 3.63) is 70.2 Å². The van der Waals surface area contributed by atoms with E-state index in [1.165, 1.54) is 4.90 Å². The number of amides is 4. The van der Waals surface area contributed by atoms with E-state index in [9.17, 15) is 23.2 Å². The molecule has 2 N–H and O–H groups in total. The lowest BCUT2D eigenvalue weighted by molar-refractivity contribution is -0.133. The molecule has 7 nitrogen and oxygen atoms in total. The van der Waals surface area contributed by atoms with Gasteiger partial charge in [-0.1, -0.05) is 58.4 Å². The van der Waals surface area contributed by atoms with E-state index in [-0.39, 0.29) is 68.5 Å². The Morgan fingerprint density at radius 2 is 1.63 bits per heavy atom. The van der Waals surface area contributed by atoms with Crippen molar-refractivity contribution in [1.82, 2.24) is 20.4 Å². The van der Waals surface area contributed by atoms with Crippen molar-refractivity contribution in [1.29, 1.82) is 0 Å². The molecule has 1 spiro atoms. The van der Waals surface area contributed by atoms with Crippen LogP contribution in [0.3, 0.4) is 0 Å².